The van der Waals surface area contributed by atoms with Gasteiger partial charge in [-0.3, -0.25) is 4.79 Å². The van der Waals surface area contributed by atoms with Crippen LogP contribution in [-0.2, 0) is 10.2 Å². The molecular formula is C20H22BrNO. The third-order valence-electron chi connectivity index (χ3n) is 4.93. The minimum atomic E-state index is -0.392. The zero-order chi connectivity index (χ0) is 16.4. The quantitative estimate of drug-likeness (QED) is 0.756. The molecule has 2 aromatic carbocycles. The van der Waals surface area contributed by atoms with Crippen LogP contribution in [0.15, 0.2) is 46.9 Å². The SMILES string of the molecule is Cc1ccc(C)c(NC(=O)C2(c3ccc(Br)cc3)CCCC2)c1. The van der Waals surface area contributed by atoms with E-state index >= 15 is 0 Å². The number of amides is 1. The summed E-state index contributed by atoms with van der Waals surface area (Å²) in [6, 6.07) is 14.4. The van der Waals surface area contributed by atoms with Crippen LogP contribution in [0.5, 0.6) is 0 Å². The number of nitrogens with one attached hydrogen (secondary N) is 1. The normalized spacial score (nSPS) is 16.3. The van der Waals surface area contributed by atoms with Gasteiger partial charge in [-0.1, -0.05) is 53.0 Å². The number of halogens is 1. The minimum absolute atomic E-state index is 0.131. The molecule has 0 aromatic heterocycles. The molecular weight excluding hydrogens is 350 g/mol. The van der Waals surface area contributed by atoms with E-state index in [0.717, 1.165) is 52.5 Å². The maximum atomic E-state index is 13.2. The van der Waals surface area contributed by atoms with Gasteiger partial charge in [0, 0.05) is 10.2 Å². The first kappa shape index (κ1) is 16.3. The van der Waals surface area contributed by atoms with E-state index in [-0.39, 0.29) is 5.91 Å². The molecule has 3 heteroatoms. The monoisotopic (exact) mass is 371 g/mol. The summed E-state index contributed by atoms with van der Waals surface area (Å²) in [5.41, 5.74) is 3.93. The molecule has 1 amide bonds. The Hall–Kier alpha value is -1.61. The predicted molar refractivity (Wildman–Crippen MR) is 98.8 cm³/mol. The average molecular weight is 372 g/mol. The van der Waals surface area contributed by atoms with Gasteiger partial charge in [-0.25, -0.2) is 0 Å². The Balaban J connectivity index is 1.93. The van der Waals surface area contributed by atoms with Crippen molar-refractivity contribution in [3.8, 4) is 0 Å². The van der Waals surface area contributed by atoms with Gasteiger partial charge >= 0.3 is 0 Å². The van der Waals surface area contributed by atoms with Gasteiger partial charge < -0.3 is 5.32 Å². The zero-order valence-corrected chi connectivity index (χ0v) is 15.2. The first-order valence-electron chi connectivity index (χ1n) is 8.16. The first-order chi connectivity index (χ1) is 11.0. The van der Waals surface area contributed by atoms with Gasteiger partial charge in [0.15, 0.2) is 0 Å². The fourth-order valence-corrected chi connectivity index (χ4v) is 3.77. The summed E-state index contributed by atoms with van der Waals surface area (Å²) in [6.45, 7) is 4.09. The average Bonchev–Trinajstić information content (AvgIpc) is 3.02. The van der Waals surface area contributed by atoms with Gasteiger partial charge in [0.05, 0.1) is 5.41 Å². The highest BCUT2D eigenvalue weighted by Gasteiger charge is 2.42. The van der Waals surface area contributed by atoms with E-state index in [1.54, 1.807) is 0 Å². The number of anilines is 1. The Morgan fingerprint density at radius 2 is 1.70 bits per heavy atom. The van der Waals surface area contributed by atoms with Crippen LogP contribution < -0.4 is 5.32 Å². The summed E-state index contributed by atoms with van der Waals surface area (Å²) >= 11 is 3.48. The molecule has 2 aromatic rings. The van der Waals surface area contributed by atoms with Gasteiger partial charge in [-0.15, -0.1) is 0 Å². The smallest absolute Gasteiger partial charge is 0.235 e. The van der Waals surface area contributed by atoms with Gasteiger partial charge in [0.2, 0.25) is 5.91 Å². The second-order valence-electron chi connectivity index (χ2n) is 6.57. The summed E-state index contributed by atoms with van der Waals surface area (Å²) in [6.07, 6.45) is 4.06. The predicted octanol–water partition coefficient (Wildman–Crippen LogP) is 5.52. The number of benzene rings is 2. The molecule has 1 aliphatic rings. The lowest BCUT2D eigenvalue weighted by Gasteiger charge is -2.29. The van der Waals surface area contributed by atoms with E-state index in [4.69, 9.17) is 0 Å². The lowest BCUT2D eigenvalue weighted by Crippen LogP contribution is -2.38. The van der Waals surface area contributed by atoms with Gasteiger partial charge in [0.25, 0.3) is 0 Å². The lowest BCUT2D eigenvalue weighted by atomic mass is 9.78. The van der Waals surface area contributed by atoms with Gasteiger partial charge in [-0.2, -0.15) is 0 Å². The van der Waals surface area contributed by atoms with Crippen molar-refractivity contribution in [2.45, 2.75) is 44.9 Å². The van der Waals surface area contributed by atoms with Crippen molar-refractivity contribution in [1.82, 2.24) is 0 Å². The van der Waals surface area contributed by atoms with Crippen molar-refractivity contribution < 1.29 is 4.79 Å². The number of rotatable bonds is 3. The van der Waals surface area contributed by atoms with E-state index in [0.29, 0.717) is 0 Å². The van der Waals surface area contributed by atoms with Crippen molar-refractivity contribution in [1.29, 1.82) is 0 Å². The first-order valence-corrected chi connectivity index (χ1v) is 8.95. The highest BCUT2D eigenvalue weighted by atomic mass is 79.9. The van der Waals surface area contributed by atoms with Crippen LogP contribution in [0.4, 0.5) is 5.69 Å². The maximum absolute atomic E-state index is 13.2. The Morgan fingerprint density at radius 1 is 1.04 bits per heavy atom. The lowest BCUT2D eigenvalue weighted by molar-refractivity contribution is -0.121. The van der Waals surface area contributed by atoms with E-state index < -0.39 is 5.41 Å². The Morgan fingerprint density at radius 3 is 2.35 bits per heavy atom. The molecule has 0 bridgehead atoms. The maximum Gasteiger partial charge on any atom is 0.235 e. The Kier molecular flexibility index (Phi) is 4.58. The zero-order valence-electron chi connectivity index (χ0n) is 13.7. The molecule has 0 unspecified atom stereocenters. The van der Waals surface area contributed by atoms with Crippen LogP contribution in [-0.4, -0.2) is 5.91 Å². The number of hydrogen-bond acceptors (Lipinski definition) is 1. The summed E-state index contributed by atoms with van der Waals surface area (Å²) in [5, 5.41) is 3.20. The van der Waals surface area contributed by atoms with Crippen molar-refractivity contribution in [2.75, 3.05) is 5.32 Å². The van der Waals surface area contributed by atoms with E-state index in [1.165, 1.54) is 0 Å². The fraction of sp³-hybridized carbons (Fsp3) is 0.350. The Labute approximate surface area is 146 Å². The van der Waals surface area contributed by atoms with Crippen molar-refractivity contribution >= 4 is 27.5 Å². The number of carbonyl (C=O) groups excluding carboxylic acids is 1. The summed E-state index contributed by atoms with van der Waals surface area (Å²) in [5.74, 6) is 0.131. The van der Waals surface area contributed by atoms with Crippen LogP contribution in [0.2, 0.25) is 0 Å². The topological polar surface area (TPSA) is 29.1 Å². The molecule has 23 heavy (non-hydrogen) atoms. The molecule has 1 fully saturated rings. The van der Waals surface area contributed by atoms with Crippen LogP contribution in [0.25, 0.3) is 0 Å². The number of hydrogen-bond donors (Lipinski definition) is 1. The summed E-state index contributed by atoms with van der Waals surface area (Å²) in [4.78, 5) is 13.2. The molecule has 0 aliphatic heterocycles. The van der Waals surface area contributed by atoms with Crippen molar-refractivity contribution in [3.05, 3.63) is 63.6 Å². The molecule has 0 atom stereocenters. The number of carbonyl (C=O) groups is 1. The van der Waals surface area contributed by atoms with E-state index in [9.17, 15) is 4.79 Å². The van der Waals surface area contributed by atoms with Crippen LogP contribution in [0, 0.1) is 13.8 Å². The molecule has 0 radical (unpaired) electrons. The molecule has 0 spiro atoms. The molecule has 1 N–H and O–H groups in total. The van der Waals surface area contributed by atoms with Gasteiger partial charge in [-0.05, 0) is 61.6 Å². The standard InChI is InChI=1S/C20H22BrNO/c1-14-5-6-15(2)18(13-14)22-19(23)20(11-3-4-12-20)16-7-9-17(21)10-8-16/h5-10,13H,3-4,11-12H2,1-2H3,(H,22,23). The fourth-order valence-electron chi connectivity index (χ4n) is 3.51. The molecule has 0 saturated heterocycles. The highest BCUT2D eigenvalue weighted by molar-refractivity contribution is 9.10. The van der Waals surface area contributed by atoms with Crippen molar-refractivity contribution in [2.24, 2.45) is 0 Å². The third-order valence-corrected chi connectivity index (χ3v) is 5.46. The van der Waals surface area contributed by atoms with Crippen LogP contribution >= 0.6 is 15.9 Å². The minimum Gasteiger partial charge on any atom is -0.325 e. The van der Waals surface area contributed by atoms with Crippen LogP contribution in [0.1, 0.15) is 42.4 Å². The third kappa shape index (κ3) is 3.20. The van der Waals surface area contributed by atoms with Gasteiger partial charge in [0.1, 0.15) is 0 Å². The largest absolute Gasteiger partial charge is 0.325 e. The second-order valence-corrected chi connectivity index (χ2v) is 7.48. The van der Waals surface area contributed by atoms with E-state index in [2.05, 4.69) is 58.5 Å². The summed E-state index contributed by atoms with van der Waals surface area (Å²) < 4.78 is 1.05. The van der Waals surface area contributed by atoms with E-state index in [1.807, 2.05) is 19.1 Å². The molecule has 3 rings (SSSR count). The molecule has 1 aliphatic carbocycles. The second kappa shape index (κ2) is 6.48. The summed E-state index contributed by atoms with van der Waals surface area (Å²) in [7, 11) is 0. The molecule has 1 saturated carbocycles. The Bertz CT molecular complexity index is 715. The number of aryl methyl sites for hydroxylation is 2. The van der Waals surface area contributed by atoms with Crippen LogP contribution in [0.3, 0.4) is 0 Å². The van der Waals surface area contributed by atoms with Crippen molar-refractivity contribution in [3.63, 3.8) is 0 Å². The molecule has 2 nitrogen and oxygen atoms in total. The highest BCUT2D eigenvalue weighted by Crippen LogP contribution is 2.42. The molecule has 120 valence electrons. The molecule has 0 heterocycles.